The van der Waals surface area contributed by atoms with Crippen molar-refractivity contribution < 1.29 is 27.9 Å². The maximum Gasteiger partial charge on any atom is 0.151 e. The van der Waals surface area contributed by atoms with Crippen molar-refractivity contribution in [2.75, 3.05) is 25.7 Å². The summed E-state index contributed by atoms with van der Waals surface area (Å²) < 4.78 is 48.0. The number of aryl methyl sites for hydroxylation is 1. The molecule has 2 aliphatic heterocycles. The van der Waals surface area contributed by atoms with Gasteiger partial charge in [0, 0.05) is 45.7 Å². The van der Waals surface area contributed by atoms with E-state index in [-0.39, 0.29) is 13.2 Å². The number of aliphatic hydroxyl groups excluding tert-OH is 1. The van der Waals surface area contributed by atoms with Gasteiger partial charge in [-0.15, -0.1) is 0 Å². The number of rotatable bonds is 5. The van der Waals surface area contributed by atoms with Crippen LogP contribution in [0.15, 0.2) is 41.0 Å². The van der Waals surface area contributed by atoms with Crippen LogP contribution in [0.2, 0.25) is 0 Å². The molecule has 2 saturated heterocycles. The van der Waals surface area contributed by atoms with Crippen molar-refractivity contribution in [1.29, 1.82) is 0 Å². The van der Waals surface area contributed by atoms with Gasteiger partial charge in [-0.25, -0.2) is 18.6 Å². The van der Waals surface area contributed by atoms with Gasteiger partial charge in [0.1, 0.15) is 36.2 Å². The van der Waals surface area contributed by atoms with Crippen molar-refractivity contribution in [3.8, 4) is 5.75 Å². The topological polar surface area (TPSA) is 103 Å². The second kappa shape index (κ2) is 8.84. The smallest absolute Gasteiger partial charge is 0.151 e. The minimum absolute atomic E-state index is 0.191. The van der Waals surface area contributed by atoms with E-state index in [1.165, 1.54) is 18.5 Å². The first-order valence-corrected chi connectivity index (χ1v) is 13.3. The molecule has 0 unspecified atom stereocenters. The Morgan fingerprint density at radius 2 is 1.97 bits per heavy atom. The molecule has 4 atom stereocenters. The van der Waals surface area contributed by atoms with Crippen LogP contribution in [0.5, 0.6) is 5.75 Å². The fourth-order valence-electron chi connectivity index (χ4n) is 4.57. The zero-order valence-electron chi connectivity index (χ0n) is 19.1. The van der Waals surface area contributed by atoms with Crippen LogP contribution in [0.4, 0.5) is 10.1 Å². The van der Waals surface area contributed by atoms with Crippen LogP contribution in [0.3, 0.4) is 0 Å². The van der Waals surface area contributed by atoms with Gasteiger partial charge in [-0.2, -0.15) is 4.36 Å². The first kappa shape index (κ1) is 23.1. The van der Waals surface area contributed by atoms with Gasteiger partial charge in [0.15, 0.2) is 6.10 Å². The number of hydrogen-bond acceptors (Lipinski definition) is 8. The lowest BCUT2D eigenvalue weighted by atomic mass is 10.0. The monoisotopic (exact) mass is 487 g/mol. The SMILES string of the molecule is Cc1cc(N=S(C)(C)=O)cc2ncnc(Cc3ccc(F)cc3O[C@@H]3CO[C@H]4[C@@H]3OC[C@@H]4O)c12. The van der Waals surface area contributed by atoms with Gasteiger partial charge in [-0.05, 0) is 30.7 Å². The van der Waals surface area contributed by atoms with E-state index >= 15 is 0 Å². The van der Waals surface area contributed by atoms with Gasteiger partial charge in [0.05, 0.1) is 30.1 Å². The summed E-state index contributed by atoms with van der Waals surface area (Å²) in [5, 5.41) is 10.8. The maximum absolute atomic E-state index is 14.1. The lowest BCUT2D eigenvalue weighted by molar-refractivity contribution is 0.00843. The quantitative estimate of drug-likeness (QED) is 0.590. The number of aliphatic hydroxyl groups is 1. The number of hydrogen-bond donors (Lipinski definition) is 1. The predicted octanol–water partition coefficient (Wildman–Crippen LogP) is 2.93. The Labute approximate surface area is 197 Å². The average Bonchev–Trinajstić information content (AvgIpc) is 3.32. The molecule has 10 heteroatoms. The molecule has 0 spiro atoms. The molecule has 2 aromatic carbocycles. The van der Waals surface area contributed by atoms with Gasteiger partial charge in [-0.3, -0.25) is 0 Å². The maximum atomic E-state index is 14.1. The fourth-order valence-corrected chi connectivity index (χ4v) is 5.18. The molecule has 1 N–H and O–H groups in total. The Bertz CT molecular complexity index is 1370. The molecular formula is C24H26FN3O5S. The molecule has 5 rings (SSSR count). The van der Waals surface area contributed by atoms with Gasteiger partial charge in [0.25, 0.3) is 0 Å². The van der Waals surface area contributed by atoms with Crippen LogP contribution in [0.1, 0.15) is 16.8 Å². The molecule has 1 aromatic heterocycles. The summed E-state index contributed by atoms with van der Waals surface area (Å²) in [6.07, 6.45) is 3.06. The highest BCUT2D eigenvalue weighted by molar-refractivity contribution is 7.92. The zero-order valence-corrected chi connectivity index (χ0v) is 19.9. The molecule has 3 heterocycles. The molecule has 34 heavy (non-hydrogen) atoms. The minimum Gasteiger partial charge on any atom is -0.485 e. The van der Waals surface area contributed by atoms with Crippen molar-refractivity contribution >= 4 is 26.3 Å². The second-order valence-electron chi connectivity index (χ2n) is 9.00. The van der Waals surface area contributed by atoms with Crippen molar-refractivity contribution in [1.82, 2.24) is 9.97 Å². The highest BCUT2D eigenvalue weighted by Crippen LogP contribution is 2.33. The van der Waals surface area contributed by atoms with E-state index in [0.29, 0.717) is 23.4 Å². The molecule has 0 amide bonds. The normalized spacial score (nSPS) is 24.4. The van der Waals surface area contributed by atoms with E-state index in [0.717, 1.165) is 22.2 Å². The van der Waals surface area contributed by atoms with E-state index in [4.69, 9.17) is 14.2 Å². The Kier molecular flexibility index (Phi) is 6.01. The van der Waals surface area contributed by atoms with Gasteiger partial charge in [-0.1, -0.05) is 6.07 Å². The van der Waals surface area contributed by atoms with Crippen LogP contribution in [0, 0.1) is 12.7 Å². The fraction of sp³-hybridized carbons (Fsp3) is 0.417. The minimum atomic E-state index is -2.31. The molecule has 3 aromatic rings. The van der Waals surface area contributed by atoms with Crippen LogP contribution in [-0.2, 0) is 25.6 Å². The molecule has 8 nitrogen and oxygen atoms in total. The van der Waals surface area contributed by atoms with Crippen LogP contribution in [-0.4, -0.2) is 69.4 Å². The summed E-state index contributed by atoms with van der Waals surface area (Å²) in [5.74, 6) is -0.0359. The number of aromatic nitrogens is 2. The first-order chi connectivity index (χ1) is 16.2. The molecule has 2 aliphatic rings. The van der Waals surface area contributed by atoms with Gasteiger partial charge >= 0.3 is 0 Å². The lowest BCUT2D eigenvalue weighted by Crippen LogP contribution is -2.34. The Hall–Kier alpha value is -2.66. The molecule has 0 bridgehead atoms. The third-order valence-electron chi connectivity index (χ3n) is 5.97. The number of benzene rings is 2. The van der Waals surface area contributed by atoms with E-state index in [1.54, 1.807) is 24.6 Å². The van der Waals surface area contributed by atoms with Crippen LogP contribution in [0.25, 0.3) is 10.9 Å². The summed E-state index contributed by atoms with van der Waals surface area (Å²) in [5.41, 5.74) is 3.71. The molecule has 180 valence electrons. The average molecular weight is 488 g/mol. The third-order valence-corrected chi connectivity index (χ3v) is 6.62. The summed E-state index contributed by atoms with van der Waals surface area (Å²) >= 11 is 0. The Morgan fingerprint density at radius 1 is 1.18 bits per heavy atom. The Morgan fingerprint density at radius 3 is 2.76 bits per heavy atom. The highest BCUT2D eigenvalue weighted by atomic mass is 32.2. The third kappa shape index (κ3) is 4.63. The molecule has 2 fully saturated rings. The van der Waals surface area contributed by atoms with E-state index < -0.39 is 40.0 Å². The van der Waals surface area contributed by atoms with Crippen LogP contribution < -0.4 is 4.74 Å². The molecular weight excluding hydrogens is 461 g/mol. The molecule has 0 saturated carbocycles. The van der Waals surface area contributed by atoms with Crippen molar-refractivity contribution in [2.24, 2.45) is 4.36 Å². The van der Waals surface area contributed by atoms with Crippen LogP contribution >= 0.6 is 0 Å². The number of fused-ring (bicyclic) bond motifs is 2. The van der Waals surface area contributed by atoms with Crippen molar-refractivity contribution in [3.63, 3.8) is 0 Å². The largest absolute Gasteiger partial charge is 0.485 e. The number of ether oxygens (including phenoxy) is 3. The molecule has 0 radical (unpaired) electrons. The second-order valence-corrected chi connectivity index (χ2v) is 11.5. The number of nitrogens with zero attached hydrogens (tertiary/aromatic N) is 3. The number of halogens is 1. The van der Waals surface area contributed by atoms with Gasteiger partial charge in [0.2, 0.25) is 0 Å². The van der Waals surface area contributed by atoms with E-state index in [9.17, 15) is 13.7 Å². The van der Waals surface area contributed by atoms with E-state index in [1.807, 2.05) is 13.0 Å². The summed E-state index contributed by atoms with van der Waals surface area (Å²) in [7, 11) is -2.31. The van der Waals surface area contributed by atoms with Gasteiger partial charge < -0.3 is 19.3 Å². The van der Waals surface area contributed by atoms with Crippen molar-refractivity contribution in [3.05, 3.63) is 59.3 Å². The first-order valence-electron chi connectivity index (χ1n) is 11.0. The lowest BCUT2D eigenvalue weighted by Gasteiger charge is -2.20. The molecule has 0 aliphatic carbocycles. The van der Waals surface area contributed by atoms with E-state index in [2.05, 4.69) is 14.3 Å². The van der Waals surface area contributed by atoms with Crippen molar-refractivity contribution in [2.45, 2.75) is 37.8 Å². The Balaban J connectivity index is 1.48. The predicted molar refractivity (Wildman–Crippen MR) is 125 cm³/mol. The standard InChI is InChI=1S/C24H26FN3O5S/c1-13-6-16(28-34(2,3)30)9-18-22(13)17(26-12-27-18)7-14-4-5-15(25)8-20(14)33-21-11-32-23-19(29)10-31-24(21)23/h4-6,8-9,12,19,21,23-24,29H,7,10-11H2,1-3H3/t19-,21+,23+,24+/m0/s1. The zero-order chi connectivity index (χ0) is 24.0. The highest BCUT2D eigenvalue weighted by Gasteiger charge is 2.48. The summed E-state index contributed by atoms with van der Waals surface area (Å²) in [6.45, 7) is 2.38. The summed E-state index contributed by atoms with van der Waals surface area (Å²) in [4.78, 5) is 8.88. The summed E-state index contributed by atoms with van der Waals surface area (Å²) in [6, 6.07) is 8.07.